The van der Waals surface area contributed by atoms with Crippen LogP contribution in [0.4, 0.5) is 0 Å². The van der Waals surface area contributed by atoms with Crippen molar-refractivity contribution in [1.82, 2.24) is 0 Å². The van der Waals surface area contributed by atoms with Gasteiger partial charge in [0.1, 0.15) is 0 Å². The van der Waals surface area contributed by atoms with Gasteiger partial charge in [0.25, 0.3) is 0 Å². The van der Waals surface area contributed by atoms with Crippen molar-refractivity contribution in [3.63, 3.8) is 0 Å². The summed E-state index contributed by atoms with van der Waals surface area (Å²) in [6.45, 7) is 0. The van der Waals surface area contributed by atoms with Gasteiger partial charge in [-0.3, -0.25) is 9.59 Å². The first-order chi connectivity index (χ1) is 6.63. The van der Waals surface area contributed by atoms with Crippen LogP contribution in [0.15, 0.2) is 0 Å². The van der Waals surface area contributed by atoms with E-state index in [-0.39, 0.29) is 12.8 Å². The molecule has 0 atom stereocenters. The molecule has 1 saturated heterocycles. The van der Waals surface area contributed by atoms with Crippen molar-refractivity contribution in [3.05, 3.63) is 0 Å². The summed E-state index contributed by atoms with van der Waals surface area (Å²) in [7, 11) is 3.05. The molecule has 0 aliphatic carbocycles. The van der Waals surface area contributed by atoms with Gasteiger partial charge in [0, 0.05) is 21.3 Å². The Bertz CT molecular complexity index is 171. The zero-order chi connectivity index (χ0) is 11.0. The first kappa shape index (κ1) is 13.2. The molecule has 1 rings (SSSR count). The van der Waals surface area contributed by atoms with Crippen LogP contribution in [0.1, 0.15) is 12.8 Å². The van der Waals surface area contributed by atoms with Crippen molar-refractivity contribution in [2.24, 2.45) is 0 Å². The van der Waals surface area contributed by atoms with Gasteiger partial charge in [0.05, 0.1) is 12.8 Å². The zero-order valence-electron chi connectivity index (χ0n) is 8.44. The summed E-state index contributed by atoms with van der Waals surface area (Å²) < 4.78 is 18.3. The molecule has 6 nitrogen and oxygen atoms in total. The number of hydrogen-bond donors (Lipinski definition) is 0. The van der Waals surface area contributed by atoms with Crippen molar-refractivity contribution in [1.29, 1.82) is 0 Å². The van der Waals surface area contributed by atoms with Crippen molar-refractivity contribution in [3.8, 4) is 0 Å². The lowest BCUT2D eigenvalue weighted by Gasteiger charge is -2.05. The molecule has 0 radical (unpaired) electrons. The Morgan fingerprint density at radius 3 is 1.43 bits per heavy atom. The SMILES string of the molecule is CO[SiH](OC)OC.O=C1CCC(=O)O1. The molecule has 0 aromatic carbocycles. The van der Waals surface area contributed by atoms with Gasteiger partial charge < -0.3 is 18.0 Å². The number of ether oxygens (including phenoxy) is 1. The van der Waals surface area contributed by atoms with E-state index in [1.165, 1.54) is 0 Å². The second-order valence-corrected chi connectivity index (χ2v) is 4.33. The van der Waals surface area contributed by atoms with E-state index in [9.17, 15) is 9.59 Å². The van der Waals surface area contributed by atoms with Crippen LogP contribution in [0.2, 0.25) is 0 Å². The van der Waals surface area contributed by atoms with Crippen LogP contribution in [-0.2, 0) is 27.6 Å². The highest BCUT2D eigenvalue weighted by atomic mass is 28.3. The van der Waals surface area contributed by atoms with E-state index in [1.807, 2.05) is 0 Å². The summed E-state index contributed by atoms with van der Waals surface area (Å²) in [5, 5.41) is 0. The van der Waals surface area contributed by atoms with Crippen molar-refractivity contribution < 1.29 is 27.6 Å². The highest BCUT2D eigenvalue weighted by Crippen LogP contribution is 2.03. The summed E-state index contributed by atoms with van der Waals surface area (Å²) in [6, 6.07) is 0. The van der Waals surface area contributed by atoms with E-state index in [4.69, 9.17) is 13.3 Å². The molecular weight excluding hydrogens is 208 g/mol. The van der Waals surface area contributed by atoms with Crippen molar-refractivity contribution in [2.45, 2.75) is 12.8 Å². The maximum Gasteiger partial charge on any atom is 0.483 e. The molecule has 0 N–H and O–H groups in total. The number of carbonyl (C=O) groups excluding carboxylic acids is 2. The predicted molar refractivity (Wildman–Crippen MR) is 48.5 cm³/mol. The first-order valence-electron chi connectivity index (χ1n) is 3.96. The Balaban J connectivity index is 0.000000241. The molecule has 14 heavy (non-hydrogen) atoms. The second kappa shape index (κ2) is 7.62. The highest BCUT2D eigenvalue weighted by molar-refractivity contribution is 6.36. The number of cyclic esters (lactones) is 2. The van der Waals surface area contributed by atoms with E-state index in [1.54, 1.807) is 21.3 Å². The Morgan fingerprint density at radius 1 is 1.00 bits per heavy atom. The number of rotatable bonds is 3. The fraction of sp³-hybridized carbons (Fsp3) is 0.714. The molecular formula is C7H14O6Si. The number of esters is 2. The van der Waals surface area contributed by atoms with Crippen LogP contribution in [-0.4, -0.2) is 42.8 Å². The fourth-order valence-electron chi connectivity index (χ4n) is 0.722. The van der Waals surface area contributed by atoms with Crippen LogP contribution >= 0.6 is 0 Å². The third kappa shape index (κ3) is 5.81. The van der Waals surface area contributed by atoms with Gasteiger partial charge in [-0.05, 0) is 0 Å². The average molecular weight is 222 g/mol. The van der Waals surface area contributed by atoms with Crippen LogP contribution in [0.5, 0.6) is 0 Å². The molecule has 1 fully saturated rings. The Hall–Kier alpha value is -0.763. The molecule has 1 aliphatic heterocycles. The van der Waals surface area contributed by atoms with E-state index in [0.29, 0.717) is 0 Å². The maximum absolute atomic E-state index is 10.0. The van der Waals surface area contributed by atoms with Gasteiger partial charge in [0.2, 0.25) is 0 Å². The van der Waals surface area contributed by atoms with E-state index < -0.39 is 21.5 Å². The van der Waals surface area contributed by atoms with Crippen LogP contribution < -0.4 is 0 Å². The van der Waals surface area contributed by atoms with Crippen LogP contribution in [0, 0.1) is 0 Å². The van der Waals surface area contributed by atoms with E-state index in [2.05, 4.69) is 4.74 Å². The zero-order valence-corrected chi connectivity index (χ0v) is 9.60. The summed E-state index contributed by atoms with van der Waals surface area (Å²) in [5.74, 6) is -0.796. The van der Waals surface area contributed by atoms with Gasteiger partial charge in [-0.25, -0.2) is 0 Å². The molecule has 0 saturated carbocycles. The van der Waals surface area contributed by atoms with E-state index >= 15 is 0 Å². The minimum atomic E-state index is -1.67. The third-order valence-electron chi connectivity index (χ3n) is 1.34. The Labute approximate surface area is 84.1 Å². The standard InChI is InChI=1S/C4H4O3.C3H10O3Si/c5-3-1-2-4(6)7-3;1-4-7(5-2)6-3/h1-2H2;7H,1-3H3. The van der Waals surface area contributed by atoms with Gasteiger partial charge in [-0.2, -0.15) is 0 Å². The second-order valence-electron chi connectivity index (χ2n) is 2.34. The monoisotopic (exact) mass is 222 g/mol. The fourth-order valence-corrected chi connectivity index (χ4v) is 1.30. The maximum atomic E-state index is 10.0. The van der Waals surface area contributed by atoms with E-state index in [0.717, 1.165) is 0 Å². The molecule has 0 aromatic rings. The summed E-state index contributed by atoms with van der Waals surface area (Å²) in [4.78, 5) is 20.0. The smallest absolute Gasteiger partial charge is 0.393 e. The summed E-state index contributed by atoms with van der Waals surface area (Å²) in [5.41, 5.74) is 0. The molecule has 0 aromatic heterocycles. The molecule has 0 spiro atoms. The molecule has 1 heterocycles. The number of hydrogen-bond acceptors (Lipinski definition) is 6. The molecule has 82 valence electrons. The van der Waals surface area contributed by atoms with Gasteiger partial charge in [0.15, 0.2) is 0 Å². The molecule has 7 heteroatoms. The predicted octanol–water partition coefficient (Wildman–Crippen LogP) is -0.507. The average Bonchev–Trinajstić information content (AvgIpc) is 2.54. The third-order valence-corrected chi connectivity index (χ3v) is 2.49. The van der Waals surface area contributed by atoms with Crippen LogP contribution in [0.3, 0.4) is 0 Å². The molecule has 0 unspecified atom stereocenters. The lowest BCUT2D eigenvalue weighted by molar-refractivity contribution is -0.151. The molecule has 0 bridgehead atoms. The van der Waals surface area contributed by atoms with Crippen molar-refractivity contribution >= 4 is 21.5 Å². The van der Waals surface area contributed by atoms with Crippen LogP contribution in [0.25, 0.3) is 0 Å². The Morgan fingerprint density at radius 2 is 1.36 bits per heavy atom. The topological polar surface area (TPSA) is 71.1 Å². The van der Waals surface area contributed by atoms with Gasteiger partial charge in [-0.15, -0.1) is 0 Å². The minimum absolute atomic E-state index is 0.263. The Kier molecular flexibility index (Phi) is 7.21. The lowest BCUT2D eigenvalue weighted by Crippen LogP contribution is -2.21. The van der Waals surface area contributed by atoms with Gasteiger partial charge in [-0.1, -0.05) is 0 Å². The van der Waals surface area contributed by atoms with Gasteiger partial charge >= 0.3 is 21.5 Å². The summed E-state index contributed by atoms with van der Waals surface area (Å²) in [6.07, 6.45) is 0.525. The lowest BCUT2D eigenvalue weighted by atomic mass is 10.4. The first-order valence-corrected chi connectivity index (χ1v) is 5.37. The normalized spacial score (nSPS) is 15.1. The quantitative estimate of drug-likeness (QED) is 0.364. The largest absolute Gasteiger partial charge is 0.483 e. The summed E-state index contributed by atoms with van der Waals surface area (Å²) >= 11 is 0. The van der Waals surface area contributed by atoms with Crippen molar-refractivity contribution in [2.75, 3.05) is 21.3 Å². The molecule has 0 amide bonds. The number of carbonyl (C=O) groups is 2. The minimum Gasteiger partial charge on any atom is -0.393 e. The molecule has 1 aliphatic rings. The highest BCUT2D eigenvalue weighted by Gasteiger charge is 2.19.